The Morgan fingerprint density at radius 1 is 1.13 bits per heavy atom. The van der Waals surface area contributed by atoms with Gasteiger partial charge in [0.2, 0.25) is 0 Å². The van der Waals surface area contributed by atoms with Gasteiger partial charge < -0.3 is 14.6 Å². The molecule has 1 aliphatic rings. The summed E-state index contributed by atoms with van der Waals surface area (Å²) < 4.78 is 74.5. The third-order valence-electron chi connectivity index (χ3n) is 7.55. The molecule has 0 radical (unpaired) electrons. The van der Waals surface area contributed by atoms with Crippen LogP contribution in [0.1, 0.15) is 50.8 Å². The maximum Gasteiger partial charge on any atom is 0.416 e. The van der Waals surface area contributed by atoms with Crippen molar-refractivity contribution in [3.8, 4) is 0 Å². The van der Waals surface area contributed by atoms with Gasteiger partial charge in [-0.25, -0.2) is 18.0 Å². The number of carbonyl (C=O) groups excluding carboxylic acids is 1. The Hall–Kier alpha value is -3.07. The number of aromatic nitrogens is 2. The number of benzene rings is 2. The molecule has 246 valence electrons. The summed E-state index contributed by atoms with van der Waals surface area (Å²) in [6, 6.07) is 4.19. The van der Waals surface area contributed by atoms with Crippen molar-refractivity contribution < 1.29 is 31.1 Å². The molecule has 1 aromatic heterocycles. The zero-order chi connectivity index (χ0) is 33.6. The molecule has 1 N–H and O–H groups in total. The van der Waals surface area contributed by atoms with Crippen molar-refractivity contribution in [1.82, 2.24) is 19.4 Å². The second-order valence-electron chi connectivity index (χ2n) is 11.9. The molecule has 1 aliphatic heterocycles. The first-order valence-electron chi connectivity index (χ1n) is 14.0. The molecule has 1 unspecified atom stereocenters. The van der Waals surface area contributed by atoms with E-state index in [1.54, 1.807) is 32.7 Å². The molecule has 0 aliphatic carbocycles. The van der Waals surface area contributed by atoms with E-state index in [9.17, 15) is 36.0 Å². The third-order valence-corrected chi connectivity index (χ3v) is 10.0. The van der Waals surface area contributed by atoms with Crippen molar-refractivity contribution in [2.75, 3.05) is 25.9 Å². The molecule has 2 heterocycles. The van der Waals surface area contributed by atoms with Crippen LogP contribution in [0.3, 0.4) is 0 Å². The standard InChI is InChI=1S/C29H33Cl2F3N4O6S/c1-6-45(42,43)22-8-7-17(30)11-16(22)13-38-25(39)19-12-21(29(32,33)34)20(23(31)24(19)35-26(38)40)15-37-10-9-18(14-37)36(5)27(41)44-28(2,3)4/h7-8,11-12,18H,6,9-10,13-15H2,1-5H3,(H,35,40). The minimum absolute atomic E-state index is 0.0231. The van der Waals surface area contributed by atoms with Gasteiger partial charge in [0.25, 0.3) is 5.56 Å². The number of likely N-dealkylation sites (tertiary alicyclic amines) is 1. The molecule has 0 spiro atoms. The predicted octanol–water partition coefficient (Wildman–Crippen LogP) is 5.30. The Morgan fingerprint density at radius 3 is 2.40 bits per heavy atom. The monoisotopic (exact) mass is 692 g/mol. The summed E-state index contributed by atoms with van der Waals surface area (Å²) in [5.74, 6) is -0.271. The van der Waals surface area contributed by atoms with Crippen molar-refractivity contribution in [2.24, 2.45) is 0 Å². The number of likely N-dealkylation sites (N-methyl/N-ethyl adjacent to an activating group) is 1. The molecule has 1 atom stereocenters. The molecule has 1 fully saturated rings. The van der Waals surface area contributed by atoms with Gasteiger partial charge in [-0.1, -0.05) is 30.1 Å². The minimum atomic E-state index is -4.91. The number of fused-ring (bicyclic) bond motifs is 1. The van der Waals surface area contributed by atoms with Crippen LogP contribution in [0.25, 0.3) is 10.9 Å². The number of alkyl halides is 3. The minimum Gasteiger partial charge on any atom is -0.444 e. The Bertz CT molecular complexity index is 1870. The molecule has 0 bridgehead atoms. The summed E-state index contributed by atoms with van der Waals surface area (Å²) in [6.07, 6.45) is -4.99. The molecule has 3 aromatic rings. The van der Waals surface area contributed by atoms with Gasteiger partial charge in [-0.2, -0.15) is 13.2 Å². The summed E-state index contributed by atoms with van der Waals surface area (Å²) in [5.41, 5.74) is -4.56. The first-order valence-corrected chi connectivity index (χ1v) is 16.4. The lowest BCUT2D eigenvalue weighted by atomic mass is 10.0. The summed E-state index contributed by atoms with van der Waals surface area (Å²) in [7, 11) is -2.23. The smallest absolute Gasteiger partial charge is 0.416 e. The van der Waals surface area contributed by atoms with Gasteiger partial charge >= 0.3 is 18.0 Å². The quantitative estimate of drug-likeness (QED) is 0.357. The number of H-pyrrole nitrogens is 1. The fourth-order valence-electron chi connectivity index (χ4n) is 5.22. The highest BCUT2D eigenvalue weighted by Gasteiger charge is 2.38. The van der Waals surface area contributed by atoms with Crippen molar-refractivity contribution >= 4 is 50.0 Å². The van der Waals surface area contributed by atoms with Crippen LogP contribution < -0.4 is 11.2 Å². The molecule has 10 nitrogen and oxygen atoms in total. The molecular weight excluding hydrogens is 660 g/mol. The van der Waals surface area contributed by atoms with Crippen LogP contribution in [-0.4, -0.2) is 71.4 Å². The molecule has 16 heteroatoms. The van der Waals surface area contributed by atoms with E-state index in [1.165, 1.54) is 30.0 Å². The summed E-state index contributed by atoms with van der Waals surface area (Å²) in [6.45, 7) is 6.35. The lowest BCUT2D eigenvalue weighted by Gasteiger charge is -2.29. The maximum absolute atomic E-state index is 14.4. The second kappa shape index (κ2) is 12.6. The van der Waals surface area contributed by atoms with Crippen molar-refractivity contribution in [1.29, 1.82) is 0 Å². The number of amides is 1. The molecule has 0 saturated carbocycles. The number of rotatable bonds is 7. The zero-order valence-electron chi connectivity index (χ0n) is 25.2. The van der Waals surface area contributed by atoms with Gasteiger partial charge in [-0.15, -0.1) is 0 Å². The summed E-state index contributed by atoms with van der Waals surface area (Å²) in [5, 5.41) is -0.803. The number of halogens is 5. The third kappa shape index (κ3) is 7.50. The van der Waals surface area contributed by atoms with Crippen molar-refractivity contribution in [3.05, 3.63) is 71.8 Å². The van der Waals surface area contributed by atoms with E-state index in [0.717, 1.165) is 0 Å². The first-order chi connectivity index (χ1) is 20.7. The summed E-state index contributed by atoms with van der Waals surface area (Å²) >= 11 is 12.6. The zero-order valence-corrected chi connectivity index (χ0v) is 27.5. The predicted molar refractivity (Wildman–Crippen MR) is 165 cm³/mol. The molecule has 1 saturated heterocycles. The number of sulfone groups is 1. The maximum atomic E-state index is 14.4. The Labute approximate surface area is 267 Å². The highest BCUT2D eigenvalue weighted by molar-refractivity contribution is 7.91. The molecular formula is C29H33Cl2F3N4O6S. The molecule has 2 aromatic carbocycles. The van der Waals surface area contributed by atoms with E-state index in [4.69, 9.17) is 27.9 Å². The molecule has 45 heavy (non-hydrogen) atoms. The van der Waals surface area contributed by atoms with E-state index < -0.39 is 61.5 Å². The van der Waals surface area contributed by atoms with Gasteiger partial charge in [-0.05, 0) is 62.6 Å². The van der Waals surface area contributed by atoms with Crippen LogP contribution in [-0.2, 0) is 33.8 Å². The van der Waals surface area contributed by atoms with Gasteiger partial charge in [0.15, 0.2) is 9.84 Å². The molecule has 1 amide bonds. The average molecular weight is 694 g/mol. The van der Waals surface area contributed by atoms with E-state index in [1.807, 2.05) is 0 Å². The van der Waals surface area contributed by atoms with Crippen molar-refractivity contribution in [2.45, 2.75) is 69.9 Å². The van der Waals surface area contributed by atoms with Crippen LogP contribution in [0.2, 0.25) is 10.0 Å². The van der Waals surface area contributed by atoms with Gasteiger partial charge in [0.1, 0.15) is 5.60 Å². The lowest BCUT2D eigenvalue weighted by molar-refractivity contribution is -0.138. The van der Waals surface area contributed by atoms with Gasteiger partial charge in [0, 0.05) is 37.7 Å². The fraction of sp³-hybridized carbons (Fsp3) is 0.483. The number of hydrogen-bond donors (Lipinski definition) is 1. The number of nitrogens with one attached hydrogen (secondary N) is 1. The largest absolute Gasteiger partial charge is 0.444 e. The number of hydrogen-bond acceptors (Lipinski definition) is 7. The van der Waals surface area contributed by atoms with Crippen LogP contribution >= 0.6 is 23.2 Å². The van der Waals surface area contributed by atoms with Gasteiger partial charge in [-0.3, -0.25) is 14.3 Å². The Kier molecular flexibility index (Phi) is 9.75. The Morgan fingerprint density at radius 2 is 1.80 bits per heavy atom. The second-order valence-corrected chi connectivity index (χ2v) is 14.9. The highest BCUT2D eigenvalue weighted by atomic mass is 35.5. The topological polar surface area (TPSA) is 122 Å². The van der Waals surface area contributed by atoms with Crippen molar-refractivity contribution in [3.63, 3.8) is 0 Å². The van der Waals surface area contributed by atoms with E-state index >= 15 is 0 Å². The number of carbonyl (C=O) groups is 1. The van der Waals surface area contributed by atoms with E-state index in [2.05, 4.69) is 4.98 Å². The normalized spacial score (nSPS) is 16.4. The van der Waals surface area contributed by atoms with Gasteiger partial charge in [0.05, 0.1) is 38.7 Å². The summed E-state index contributed by atoms with van der Waals surface area (Å²) in [4.78, 5) is 44.5. The van der Waals surface area contributed by atoms with Crippen LogP contribution in [0.5, 0.6) is 0 Å². The first kappa shape index (κ1) is 34.8. The van der Waals surface area contributed by atoms with E-state index in [-0.39, 0.29) is 51.4 Å². The van der Waals surface area contributed by atoms with Crippen LogP contribution in [0.4, 0.5) is 18.0 Å². The fourth-order valence-corrected chi connectivity index (χ4v) is 6.84. The number of ether oxygens (including phenoxy) is 1. The SMILES string of the molecule is CCS(=O)(=O)c1ccc(Cl)cc1Cn1c(=O)[nH]c2c(Cl)c(CN3CCC(N(C)C(=O)OC(C)(C)C)C3)c(C(F)(F)F)cc2c1=O. The van der Waals surface area contributed by atoms with E-state index in [0.29, 0.717) is 23.6 Å². The lowest BCUT2D eigenvalue weighted by Crippen LogP contribution is -2.42. The average Bonchev–Trinajstić information content (AvgIpc) is 3.39. The molecule has 4 rings (SSSR count). The van der Waals surface area contributed by atoms with Crippen LogP contribution in [0, 0.1) is 0 Å². The number of nitrogens with zero attached hydrogens (tertiary/aromatic N) is 3. The number of aromatic amines is 1. The Balaban J connectivity index is 1.74. The van der Waals surface area contributed by atoms with Crippen LogP contribution in [0.15, 0.2) is 38.8 Å². The highest BCUT2D eigenvalue weighted by Crippen LogP contribution is 2.39.